The lowest BCUT2D eigenvalue weighted by molar-refractivity contribution is -0.120. The Labute approximate surface area is 140 Å². The third-order valence-corrected chi connectivity index (χ3v) is 3.71. The lowest BCUT2D eigenvalue weighted by Crippen LogP contribution is -2.37. The van der Waals surface area contributed by atoms with Crippen LogP contribution in [0.4, 0.5) is 10.2 Å². The average molecular weight is 332 g/mol. The molecule has 1 aliphatic heterocycles. The second-order valence-electron chi connectivity index (χ2n) is 5.45. The fourth-order valence-corrected chi connectivity index (χ4v) is 2.44. The summed E-state index contributed by atoms with van der Waals surface area (Å²) in [5.41, 5.74) is 0.718. The summed E-state index contributed by atoms with van der Waals surface area (Å²) in [5, 5.41) is 5.97. The molecule has 2 heterocycles. The van der Waals surface area contributed by atoms with Crippen molar-refractivity contribution in [3.8, 4) is 0 Å². The number of carbonyl (C=O) groups excluding carboxylic acids is 1. The zero-order chi connectivity index (χ0) is 17.5. The number of aromatic nitrogens is 2. The molecular weight excluding hydrogens is 311 g/mol. The molecule has 0 bridgehead atoms. The minimum Gasteiger partial charge on any atom is -0.497 e. The third kappa shape index (κ3) is 4.73. The monoisotopic (exact) mass is 332 g/mol. The Balaban J connectivity index is 2.19. The smallest absolute Gasteiger partial charge is 0.229 e. The van der Waals surface area contributed by atoms with Crippen LogP contribution >= 0.6 is 0 Å². The van der Waals surface area contributed by atoms with Crippen molar-refractivity contribution >= 4 is 17.3 Å². The molecule has 1 aromatic rings. The fraction of sp³-hybridized carbons (Fsp3) is 0.353. The quantitative estimate of drug-likeness (QED) is 0.618. The van der Waals surface area contributed by atoms with Gasteiger partial charge in [-0.05, 0) is 25.5 Å². The Hall–Kier alpha value is -2.54. The lowest BCUT2D eigenvalue weighted by atomic mass is 9.99. The molecule has 1 aromatic heterocycles. The van der Waals surface area contributed by atoms with Crippen molar-refractivity contribution in [3.05, 3.63) is 48.9 Å². The summed E-state index contributed by atoms with van der Waals surface area (Å²) in [6, 6.07) is 1.55. The van der Waals surface area contributed by atoms with Gasteiger partial charge < -0.3 is 15.4 Å². The molecule has 0 spiro atoms. The Kier molecular flexibility index (Phi) is 6.20. The minimum absolute atomic E-state index is 0.0910. The SMILES string of the molecule is C=C(F)/C=C(\C(=C)OC)c1cc(NC(=O)C2CCCNC2)ncn1. The summed E-state index contributed by atoms with van der Waals surface area (Å²) < 4.78 is 18.3. The molecular formula is C17H21FN4O2. The van der Waals surface area contributed by atoms with Gasteiger partial charge in [0.15, 0.2) is 0 Å². The molecule has 7 heteroatoms. The number of allylic oxidation sites excluding steroid dienone is 3. The van der Waals surface area contributed by atoms with Crippen molar-refractivity contribution in [1.82, 2.24) is 15.3 Å². The van der Waals surface area contributed by atoms with E-state index in [1.165, 1.54) is 19.5 Å². The number of amides is 1. The summed E-state index contributed by atoms with van der Waals surface area (Å²) in [7, 11) is 1.43. The van der Waals surface area contributed by atoms with Gasteiger partial charge in [-0.25, -0.2) is 14.4 Å². The van der Waals surface area contributed by atoms with Gasteiger partial charge in [0, 0.05) is 18.2 Å². The highest BCUT2D eigenvalue weighted by Gasteiger charge is 2.21. The Morgan fingerprint density at radius 1 is 1.50 bits per heavy atom. The maximum Gasteiger partial charge on any atom is 0.229 e. The second kappa shape index (κ2) is 8.35. The molecule has 6 nitrogen and oxygen atoms in total. The van der Waals surface area contributed by atoms with Crippen LogP contribution in [0.2, 0.25) is 0 Å². The van der Waals surface area contributed by atoms with Gasteiger partial charge in [-0.2, -0.15) is 0 Å². The van der Waals surface area contributed by atoms with Crippen LogP contribution in [0.25, 0.3) is 5.57 Å². The number of nitrogens with one attached hydrogen (secondary N) is 2. The lowest BCUT2D eigenvalue weighted by Gasteiger charge is -2.21. The molecule has 0 aliphatic carbocycles. The first-order chi connectivity index (χ1) is 11.5. The van der Waals surface area contributed by atoms with E-state index in [0.717, 1.165) is 19.4 Å². The Morgan fingerprint density at radius 3 is 2.92 bits per heavy atom. The van der Waals surface area contributed by atoms with E-state index >= 15 is 0 Å². The number of piperidine rings is 1. The summed E-state index contributed by atoms with van der Waals surface area (Å²) >= 11 is 0. The molecule has 128 valence electrons. The van der Waals surface area contributed by atoms with Crippen molar-refractivity contribution in [2.75, 3.05) is 25.5 Å². The molecule has 2 rings (SSSR count). The van der Waals surface area contributed by atoms with Crippen LogP contribution < -0.4 is 10.6 Å². The zero-order valence-electron chi connectivity index (χ0n) is 13.6. The Morgan fingerprint density at radius 2 is 2.29 bits per heavy atom. The van der Waals surface area contributed by atoms with Gasteiger partial charge in [0.25, 0.3) is 0 Å². The van der Waals surface area contributed by atoms with Gasteiger partial charge in [-0.15, -0.1) is 0 Å². The molecule has 1 aliphatic rings. The summed E-state index contributed by atoms with van der Waals surface area (Å²) in [6.45, 7) is 8.50. The number of carbonyl (C=O) groups is 1. The molecule has 0 aromatic carbocycles. The van der Waals surface area contributed by atoms with Crippen LogP contribution in [-0.4, -0.2) is 36.1 Å². The summed E-state index contributed by atoms with van der Waals surface area (Å²) in [4.78, 5) is 20.4. The van der Waals surface area contributed by atoms with E-state index in [4.69, 9.17) is 4.74 Å². The topological polar surface area (TPSA) is 76.1 Å². The highest BCUT2D eigenvalue weighted by atomic mass is 19.1. The van der Waals surface area contributed by atoms with Gasteiger partial charge >= 0.3 is 0 Å². The first-order valence-corrected chi connectivity index (χ1v) is 7.64. The van der Waals surface area contributed by atoms with Crippen LogP contribution in [-0.2, 0) is 9.53 Å². The molecule has 1 atom stereocenters. The number of nitrogens with zero attached hydrogens (tertiary/aromatic N) is 2. The highest BCUT2D eigenvalue weighted by Crippen LogP contribution is 2.24. The highest BCUT2D eigenvalue weighted by molar-refractivity contribution is 5.92. The fourth-order valence-electron chi connectivity index (χ4n) is 2.44. The van der Waals surface area contributed by atoms with E-state index in [-0.39, 0.29) is 17.6 Å². The van der Waals surface area contributed by atoms with E-state index < -0.39 is 5.83 Å². The summed E-state index contributed by atoms with van der Waals surface area (Å²) in [6.07, 6.45) is 4.27. The van der Waals surface area contributed by atoms with Gasteiger partial charge in [-0.1, -0.05) is 13.2 Å². The zero-order valence-corrected chi connectivity index (χ0v) is 13.6. The molecule has 2 N–H and O–H groups in total. The standard InChI is InChI=1S/C17H21FN4O2/c1-11(18)7-14(12(2)24-3)15-8-16(21-10-20-15)22-17(23)13-5-4-6-19-9-13/h7-8,10,13,19H,1-2,4-6,9H2,3H3,(H,20,21,22,23)/b14-7+. The molecule has 1 amide bonds. The number of methoxy groups -OCH3 is 1. The van der Waals surface area contributed by atoms with E-state index in [0.29, 0.717) is 23.6 Å². The average Bonchev–Trinajstić information content (AvgIpc) is 2.60. The van der Waals surface area contributed by atoms with Gasteiger partial charge in [-0.3, -0.25) is 4.79 Å². The molecule has 1 fully saturated rings. The number of ether oxygens (including phenoxy) is 1. The number of hydrogen-bond acceptors (Lipinski definition) is 5. The normalized spacial score (nSPS) is 17.9. The number of anilines is 1. The van der Waals surface area contributed by atoms with Crippen molar-refractivity contribution < 1.29 is 13.9 Å². The Bertz CT molecular complexity index is 666. The van der Waals surface area contributed by atoms with Gasteiger partial charge in [0.2, 0.25) is 5.91 Å². The van der Waals surface area contributed by atoms with E-state index in [1.54, 1.807) is 6.07 Å². The maximum absolute atomic E-state index is 13.2. The van der Waals surface area contributed by atoms with Gasteiger partial charge in [0.05, 0.1) is 18.7 Å². The number of hydrogen-bond donors (Lipinski definition) is 2. The van der Waals surface area contributed by atoms with E-state index in [9.17, 15) is 9.18 Å². The second-order valence-corrected chi connectivity index (χ2v) is 5.45. The molecule has 24 heavy (non-hydrogen) atoms. The summed E-state index contributed by atoms with van der Waals surface area (Å²) in [5.74, 6) is -0.263. The number of halogens is 1. The first kappa shape index (κ1) is 17.8. The first-order valence-electron chi connectivity index (χ1n) is 7.64. The minimum atomic E-state index is -0.652. The molecule has 0 saturated carbocycles. The molecule has 1 saturated heterocycles. The van der Waals surface area contributed by atoms with Crippen molar-refractivity contribution in [2.45, 2.75) is 12.8 Å². The van der Waals surface area contributed by atoms with Crippen LogP contribution in [0.1, 0.15) is 18.5 Å². The van der Waals surface area contributed by atoms with Crippen LogP contribution in [0, 0.1) is 5.92 Å². The van der Waals surface area contributed by atoms with Crippen LogP contribution in [0.3, 0.4) is 0 Å². The largest absolute Gasteiger partial charge is 0.497 e. The van der Waals surface area contributed by atoms with Crippen LogP contribution in [0.5, 0.6) is 0 Å². The van der Waals surface area contributed by atoms with Crippen molar-refractivity contribution in [2.24, 2.45) is 5.92 Å². The van der Waals surface area contributed by atoms with Crippen LogP contribution in [0.15, 0.2) is 43.2 Å². The van der Waals surface area contributed by atoms with Crippen molar-refractivity contribution in [3.63, 3.8) is 0 Å². The number of rotatable bonds is 6. The molecule has 1 unspecified atom stereocenters. The van der Waals surface area contributed by atoms with E-state index in [1.807, 2.05) is 0 Å². The molecule has 0 radical (unpaired) electrons. The third-order valence-electron chi connectivity index (χ3n) is 3.71. The maximum atomic E-state index is 13.2. The van der Waals surface area contributed by atoms with Gasteiger partial charge in [0.1, 0.15) is 23.7 Å². The van der Waals surface area contributed by atoms with E-state index in [2.05, 4.69) is 33.8 Å². The predicted octanol–water partition coefficient (Wildman–Crippen LogP) is 2.44. The predicted molar refractivity (Wildman–Crippen MR) is 90.6 cm³/mol. The van der Waals surface area contributed by atoms with Crippen molar-refractivity contribution in [1.29, 1.82) is 0 Å².